The molecule has 0 aliphatic heterocycles. The average Bonchev–Trinajstić information content (AvgIpc) is 2.45. The van der Waals surface area contributed by atoms with Crippen LogP contribution in [0.4, 0.5) is 26.3 Å². The number of rotatable bonds is 2. The van der Waals surface area contributed by atoms with Crippen molar-refractivity contribution < 1.29 is 26.3 Å². The van der Waals surface area contributed by atoms with Crippen LogP contribution in [-0.2, 0) is 12.4 Å². The van der Waals surface area contributed by atoms with Gasteiger partial charge in [0.15, 0.2) is 5.69 Å². The highest BCUT2D eigenvalue weighted by atomic mass is 32.2. The third-order valence-electron chi connectivity index (χ3n) is 2.68. The molecule has 0 radical (unpaired) electrons. The molecular formula is C14H6F6N2S. The van der Waals surface area contributed by atoms with E-state index in [9.17, 15) is 26.3 Å². The van der Waals surface area contributed by atoms with E-state index in [0.717, 1.165) is 18.2 Å². The Morgan fingerprint density at radius 3 is 2.17 bits per heavy atom. The molecule has 23 heavy (non-hydrogen) atoms. The van der Waals surface area contributed by atoms with E-state index in [1.165, 1.54) is 6.07 Å². The Balaban J connectivity index is 2.42. The minimum atomic E-state index is -4.66. The molecule has 0 fully saturated rings. The number of alkyl halides is 6. The van der Waals surface area contributed by atoms with Crippen molar-refractivity contribution >= 4 is 11.8 Å². The Morgan fingerprint density at radius 2 is 1.61 bits per heavy atom. The fourth-order valence-corrected chi connectivity index (χ4v) is 2.59. The van der Waals surface area contributed by atoms with Crippen LogP contribution >= 0.6 is 11.8 Å². The molecule has 0 aliphatic carbocycles. The van der Waals surface area contributed by atoms with Gasteiger partial charge in [0.25, 0.3) is 0 Å². The molecule has 0 spiro atoms. The summed E-state index contributed by atoms with van der Waals surface area (Å²) in [7, 11) is 0. The number of halogens is 6. The van der Waals surface area contributed by atoms with Crippen LogP contribution < -0.4 is 0 Å². The van der Waals surface area contributed by atoms with Gasteiger partial charge in [-0.3, -0.25) is 0 Å². The molecule has 120 valence electrons. The minimum absolute atomic E-state index is 0.0532. The van der Waals surface area contributed by atoms with E-state index >= 15 is 0 Å². The zero-order valence-electron chi connectivity index (χ0n) is 11.0. The summed E-state index contributed by atoms with van der Waals surface area (Å²) in [6, 6.07) is 6.40. The molecule has 1 aromatic carbocycles. The van der Waals surface area contributed by atoms with Gasteiger partial charge in [0.2, 0.25) is 0 Å². The number of hydrogen-bond donors (Lipinski definition) is 0. The lowest BCUT2D eigenvalue weighted by atomic mass is 10.2. The van der Waals surface area contributed by atoms with Crippen molar-refractivity contribution in [3.63, 3.8) is 0 Å². The van der Waals surface area contributed by atoms with E-state index in [0.29, 0.717) is 24.0 Å². The average molecular weight is 348 g/mol. The molecular weight excluding hydrogens is 342 g/mol. The van der Waals surface area contributed by atoms with Gasteiger partial charge in [0.1, 0.15) is 6.07 Å². The van der Waals surface area contributed by atoms with Crippen LogP contribution in [0.1, 0.15) is 16.8 Å². The molecule has 0 aliphatic rings. The first-order chi connectivity index (χ1) is 10.6. The lowest BCUT2D eigenvalue weighted by molar-refractivity contribution is -0.138. The third-order valence-corrected chi connectivity index (χ3v) is 3.70. The molecule has 9 heteroatoms. The third kappa shape index (κ3) is 4.16. The van der Waals surface area contributed by atoms with Crippen molar-refractivity contribution in [2.45, 2.75) is 22.1 Å². The zero-order valence-corrected chi connectivity index (χ0v) is 11.9. The van der Waals surface area contributed by atoms with Gasteiger partial charge in [-0.25, -0.2) is 4.98 Å². The molecule has 0 bridgehead atoms. The summed E-state index contributed by atoms with van der Waals surface area (Å²) in [5.41, 5.74) is -2.30. The van der Waals surface area contributed by atoms with Crippen molar-refractivity contribution in [2.75, 3.05) is 0 Å². The summed E-state index contributed by atoms with van der Waals surface area (Å²) in [6.45, 7) is 0. The Kier molecular flexibility index (Phi) is 4.56. The molecule has 0 saturated carbocycles. The van der Waals surface area contributed by atoms with Crippen LogP contribution in [0.3, 0.4) is 0 Å². The van der Waals surface area contributed by atoms with E-state index in [2.05, 4.69) is 4.98 Å². The van der Waals surface area contributed by atoms with Crippen LogP contribution in [0.25, 0.3) is 0 Å². The lowest BCUT2D eigenvalue weighted by Crippen LogP contribution is -2.06. The Bertz CT molecular complexity index is 761. The highest BCUT2D eigenvalue weighted by molar-refractivity contribution is 7.99. The summed E-state index contributed by atoms with van der Waals surface area (Å²) in [5, 5.41) is 8.89. The van der Waals surface area contributed by atoms with E-state index in [-0.39, 0.29) is 15.5 Å². The van der Waals surface area contributed by atoms with Crippen molar-refractivity contribution in [1.82, 2.24) is 4.98 Å². The maximum atomic E-state index is 12.7. The normalized spacial score (nSPS) is 12.0. The second-order valence-electron chi connectivity index (χ2n) is 4.31. The van der Waals surface area contributed by atoms with Crippen molar-refractivity contribution in [1.29, 1.82) is 5.26 Å². The van der Waals surface area contributed by atoms with Crippen LogP contribution in [-0.4, -0.2) is 4.98 Å². The van der Waals surface area contributed by atoms with Gasteiger partial charge in [-0.1, -0.05) is 17.8 Å². The smallest absolute Gasteiger partial charge is 0.244 e. The molecule has 0 N–H and O–H groups in total. The first-order valence-electron chi connectivity index (χ1n) is 5.93. The van der Waals surface area contributed by atoms with Crippen molar-refractivity contribution in [3.05, 3.63) is 53.3 Å². The van der Waals surface area contributed by atoms with E-state index < -0.39 is 23.5 Å². The van der Waals surface area contributed by atoms with Crippen LogP contribution in [0, 0.1) is 11.3 Å². The SMILES string of the molecule is N#Cc1ncc(C(F)(F)F)cc1Sc1cccc(C(F)(F)F)c1. The summed E-state index contributed by atoms with van der Waals surface area (Å²) in [5.74, 6) is 0. The largest absolute Gasteiger partial charge is 0.417 e. The zero-order chi connectivity index (χ0) is 17.3. The molecule has 1 aromatic heterocycles. The number of aromatic nitrogens is 1. The Hall–Kier alpha value is -2.21. The maximum absolute atomic E-state index is 12.7. The quantitative estimate of drug-likeness (QED) is 0.705. The lowest BCUT2D eigenvalue weighted by Gasteiger charge is -2.11. The fourth-order valence-electron chi connectivity index (χ4n) is 1.62. The van der Waals surface area contributed by atoms with Gasteiger partial charge in [-0.15, -0.1) is 0 Å². The number of hydrogen-bond acceptors (Lipinski definition) is 3. The first-order valence-corrected chi connectivity index (χ1v) is 6.75. The highest BCUT2D eigenvalue weighted by Crippen LogP contribution is 2.37. The first kappa shape index (κ1) is 17.1. The minimum Gasteiger partial charge on any atom is -0.244 e. The summed E-state index contributed by atoms with van der Waals surface area (Å²) >= 11 is 0.614. The monoisotopic (exact) mass is 348 g/mol. The van der Waals surface area contributed by atoms with Gasteiger partial charge in [-0.2, -0.15) is 31.6 Å². The van der Waals surface area contributed by atoms with E-state index in [4.69, 9.17) is 5.26 Å². The van der Waals surface area contributed by atoms with E-state index in [1.54, 1.807) is 6.07 Å². The van der Waals surface area contributed by atoms with Crippen LogP contribution in [0.5, 0.6) is 0 Å². The maximum Gasteiger partial charge on any atom is 0.417 e. The molecule has 0 amide bonds. The van der Waals surface area contributed by atoms with Gasteiger partial charge in [0, 0.05) is 16.0 Å². The summed E-state index contributed by atoms with van der Waals surface area (Å²) < 4.78 is 76.0. The fraction of sp³-hybridized carbons (Fsp3) is 0.143. The molecule has 0 atom stereocenters. The summed E-state index contributed by atoms with van der Waals surface area (Å²) in [6.07, 6.45) is -8.72. The van der Waals surface area contributed by atoms with Crippen LogP contribution in [0.15, 0.2) is 46.3 Å². The topological polar surface area (TPSA) is 36.7 Å². The second-order valence-corrected chi connectivity index (χ2v) is 5.42. The Morgan fingerprint density at radius 1 is 0.957 bits per heavy atom. The number of nitrogens with zero attached hydrogens (tertiary/aromatic N) is 2. The number of pyridine rings is 1. The molecule has 0 saturated heterocycles. The van der Waals surface area contributed by atoms with Crippen LogP contribution in [0.2, 0.25) is 0 Å². The standard InChI is InChI=1S/C14H6F6N2S/c15-13(16,17)8-2-1-3-10(4-8)23-12-5-9(14(18,19)20)7-22-11(12)6-21/h1-5,7H. The predicted octanol–water partition coefficient (Wildman–Crippen LogP) is 5.14. The van der Waals surface area contributed by atoms with Gasteiger partial charge in [0.05, 0.1) is 11.1 Å². The van der Waals surface area contributed by atoms with E-state index in [1.807, 2.05) is 0 Å². The molecule has 2 aromatic rings. The van der Waals surface area contributed by atoms with Gasteiger partial charge in [-0.05, 0) is 24.3 Å². The number of benzene rings is 1. The van der Waals surface area contributed by atoms with Crippen molar-refractivity contribution in [2.24, 2.45) is 0 Å². The highest BCUT2D eigenvalue weighted by Gasteiger charge is 2.32. The predicted molar refractivity (Wildman–Crippen MR) is 69.5 cm³/mol. The second kappa shape index (κ2) is 6.12. The molecule has 2 nitrogen and oxygen atoms in total. The molecule has 0 unspecified atom stereocenters. The molecule has 1 heterocycles. The van der Waals surface area contributed by atoms with Gasteiger partial charge >= 0.3 is 12.4 Å². The summed E-state index contributed by atoms with van der Waals surface area (Å²) in [4.78, 5) is 3.29. The molecule has 2 rings (SSSR count). The van der Waals surface area contributed by atoms with Gasteiger partial charge < -0.3 is 0 Å². The number of nitriles is 1. The van der Waals surface area contributed by atoms with Crippen molar-refractivity contribution in [3.8, 4) is 6.07 Å². The Labute approximate surface area is 130 Å².